The standard InChI is InChI=1S/C26H24N4O2/c1-18-8-6-7-11-22(18)25(31)29-23(19-9-4-3-5-10-19)16-24(30-26(29)27-17-28-30)20-12-14-21(32-2)15-13-20/h3-15,17,23-24H,16H2,1-2H3/t23-,24+/m0/s1. The number of ether oxygens (including phenoxy) is 1. The van der Waals surface area contributed by atoms with Gasteiger partial charge in [0.2, 0.25) is 5.95 Å². The van der Waals surface area contributed by atoms with Crippen LogP contribution in [0.3, 0.4) is 0 Å². The van der Waals surface area contributed by atoms with Gasteiger partial charge in [-0.15, -0.1) is 0 Å². The van der Waals surface area contributed by atoms with Crippen molar-refractivity contribution in [3.63, 3.8) is 0 Å². The van der Waals surface area contributed by atoms with E-state index in [2.05, 4.69) is 34.3 Å². The smallest absolute Gasteiger partial charge is 0.261 e. The molecule has 0 bridgehead atoms. The molecule has 2 heterocycles. The van der Waals surface area contributed by atoms with E-state index in [1.54, 1.807) is 12.0 Å². The lowest BCUT2D eigenvalue weighted by molar-refractivity contribution is 0.0962. The summed E-state index contributed by atoms with van der Waals surface area (Å²) in [5.74, 6) is 1.29. The minimum atomic E-state index is -0.174. The zero-order valence-electron chi connectivity index (χ0n) is 18.1. The first kappa shape index (κ1) is 20.0. The molecule has 5 rings (SSSR count). The molecule has 1 aliphatic heterocycles. The van der Waals surface area contributed by atoms with Gasteiger partial charge in [-0.2, -0.15) is 10.1 Å². The van der Waals surface area contributed by atoms with Gasteiger partial charge < -0.3 is 4.74 Å². The second-order valence-electron chi connectivity index (χ2n) is 7.95. The number of benzene rings is 3. The number of carbonyl (C=O) groups excluding carboxylic acids is 1. The van der Waals surface area contributed by atoms with Crippen LogP contribution in [-0.2, 0) is 0 Å². The van der Waals surface area contributed by atoms with Crippen molar-refractivity contribution in [1.82, 2.24) is 14.8 Å². The van der Waals surface area contributed by atoms with Crippen molar-refractivity contribution < 1.29 is 9.53 Å². The molecule has 6 nitrogen and oxygen atoms in total. The lowest BCUT2D eigenvalue weighted by Crippen LogP contribution is -2.42. The van der Waals surface area contributed by atoms with E-state index >= 15 is 0 Å². The summed E-state index contributed by atoms with van der Waals surface area (Å²) in [5.41, 5.74) is 3.78. The topological polar surface area (TPSA) is 60.2 Å². The molecule has 1 aliphatic rings. The molecule has 0 saturated carbocycles. The van der Waals surface area contributed by atoms with E-state index in [0.29, 0.717) is 17.9 Å². The first-order valence-electron chi connectivity index (χ1n) is 10.6. The van der Waals surface area contributed by atoms with Gasteiger partial charge in [0, 0.05) is 5.56 Å². The molecule has 0 radical (unpaired) electrons. The molecular formula is C26H24N4O2. The lowest BCUT2D eigenvalue weighted by atomic mass is 9.91. The summed E-state index contributed by atoms with van der Waals surface area (Å²) in [6.45, 7) is 1.96. The zero-order valence-corrected chi connectivity index (χ0v) is 18.1. The molecule has 3 aromatic carbocycles. The Morgan fingerprint density at radius 2 is 1.59 bits per heavy atom. The third-order valence-corrected chi connectivity index (χ3v) is 6.10. The summed E-state index contributed by atoms with van der Waals surface area (Å²) < 4.78 is 7.18. The molecule has 160 valence electrons. The molecule has 1 aromatic heterocycles. The number of aryl methyl sites for hydroxylation is 1. The minimum Gasteiger partial charge on any atom is -0.497 e. The average molecular weight is 425 g/mol. The number of hydrogen-bond donors (Lipinski definition) is 0. The largest absolute Gasteiger partial charge is 0.497 e. The van der Waals surface area contributed by atoms with Gasteiger partial charge in [0.05, 0.1) is 19.2 Å². The van der Waals surface area contributed by atoms with Crippen LogP contribution < -0.4 is 9.64 Å². The number of methoxy groups -OCH3 is 1. The van der Waals surface area contributed by atoms with Crippen molar-refractivity contribution in [2.24, 2.45) is 0 Å². The van der Waals surface area contributed by atoms with Crippen molar-refractivity contribution in [3.8, 4) is 5.75 Å². The second kappa shape index (κ2) is 8.30. The molecule has 32 heavy (non-hydrogen) atoms. The first-order chi connectivity index (χ1) is 15.7. The number of carbonyl (C=O) groups is 1. The molecule has 6 heteroatoms. The Labute approximate surface area is 187 Å². The molecule has 0 N–H and O–H groups in total. The van der Waals surface area contributed by atoms with Crippen LogP contribution in [-0.4, -0.2) is 27.8 Å². The van der Waals surface area contributed by atoms with Gasteiger partial charge >= 0.3 is 0 Å². The SMILES string of the molecule is COc1ccc([C@H]2C[C@@H](c3ccccc3)N(C(=O)c3ccccc3C)c3ncnn32)cc1. The van der Waals surface area contributed by atoms with Crippen molar-refractivity contribution in [3.05, 3.63) is 107 Å². The number of anilines is 1. The summed E-state index contributed by atoms with van der Waals surface area (Å²) in [7, 11) is 1.66. The molecule has 4 aromatic rings. The van der Waals surface area contributed by atoms with Crippen LogP contribution in [0.2, 0.25) is 0 Å². The first-order valence-corrected chi connectivity index (χ1v) is 10.6. The van der Waals surface area contributed by atoms with Gasteiger partial charge in [-0.1, -0.05) is 60.7 Å². The van der Waals surface area contributed by atoms with Gasteiger partial charge in [0.15, 0.2) is 0 Å². The summed E-state index contributed by atoms with van der Waals surface area (Å²) in [4.78, 5) is 20.1. The van der Waals surface area contributed by atoms with E-state index in [1.165, 1.54) is 6.33 Å². The van der Waals surface area contributed by atoms with E-state index in [9.17, 15) is 4.79 Å². The van der Waals surface area contributed by atoms with Gasteiger partial charge in [-0.3, -0.25) is 9.69 Å². The highest BCUT2D eigenvalue weighted by molar-refractivity contribution is 6.06. The summed E-state index contributed by atoms with van der Waals surface area (Å²) >= 11 is 0. The van der Waals surface area contributed by atoms with Gasteiger partial charge in [0.1, 0.15) is 12.1 Å². The van der Waals surface area contributed by atoms with Crippen molar-refractivity contribution in [2.75, 3.05) is 12.0 Å². The molecule has 0 spiro atoms. The Kier molecular flexibility index (Phi) is 5.19. The van der Waals surface area contributed by atoms with E-state index in [0.717, 1.165) is 22.4 Å². The number of amides is 1. The average Bonchev–Trinajstić information content (AvgIpc) is 3.33. The van der Waals surface area contributed by atoms with Crippen molar-refractivity contribution in [1.29, 1.82) is 0 Å². The van der Waals surface area contributed by atoms with Gasteiger partial charge in [-0.25, -0.2) is 4.68 Å². The molecule has 0 unspecified atom stereocenters. The maximum absolute atomic E-state index is 13.8. The van der Waals surface area contributed by atoms with Crippen LogP contribution >= 0.6 is 0 Å². The van der Waals surface area contributed by atoms with Crippen LogP contribution in [0, 0.1) is 6.92 Å². The van der Waals surface area contributed by atoms with Crippen LogP contribution in [0.1, 0.15) is 45.6 Å². The second-order valence-corrected chi connectivity index (χ2v) is 7.95. The minimum absolute atomic E-state index is 0.0514. The third kappa shape index (κ3) is 3.43. The fourth-order valence-corrected chi connectivity index (χ4v) is 4.43. The predicted molar refractivity (Wildman–Crippen MR) is 123 cm³/mol. The number of aromatic nitrogens is 3. The Morgan fingerprint density at radius 3 is 2.31 bits per heavy atom. The molecule has 0 saturated heterocycles. The van der Waals surface area contributed by atoms with Gasteiger partial charge in [-0.05, 0) is 48.2 Å². The van der Waals surface area contributed by atoms with Crippen LogP contribution in [0.4, 0.5) is 5.95 Å². The van der Waals surface area contributed by atoms with Crippen LogP contribution in [0.25, 0.3) is 0 Å². The summed E-state index contributed by atoms with van der Waals surface area (Å²) in [6, 6.07) is 25.6. The Bertz CT molecular complexity index is 1230. The van der Waals surface area contributed by atoms with E-state index in [4.69, 9.17) is 4.74 Å². The normalized spacial score (nSPS) is 17.6. The Balaban J connectivity index is 1.64. The zero-order chi connectivity index (χ0) is 22.1. The predicted octanol–water partition coefficient (Wildman–Crippen LogP) is 4.98. The third-order valence-electron chi connectivity index (χ3n) is 6.10. The van der Waals surface area contributed by atoms with Crippen LogP contribution in [0.5, 0.6) is 5.75 Å². The van der Waals surface area contributed by atoms with Gasteiger partial charge in [0.25, 0.3) is 5.91 Å². The van der Waals surface area contributed by atoms with E-state index in [-0.39, 0.29) is 18.0 Å². The summed E-state index contributed by atoms with van der Waals surface area (Å²) in [5, 5.41) is 4.51. The number of hydrogen-bond acceptors (Lipinski definition) is 4. The molecule has 1 amide bonds. The van der Waals surface area contributed by atoms with Crippen molar-refractivity contribution >= 4 is 11.9 Å². The number of nitrogens with zero attached hydrogens (tertiary/aromatic N) is 4. The monoisotopic (exact) mass is 424 g/mol. The molecule has 0 aliphatic carbocycles. The lowest BCUT2D eigenvalue weighted by Gasteiger charge is -2.39. The Hall–Kier alpha value is -3.93. The maximum Gasteiger partial charge on any atom is 0.261 e. The molecule has 0 fully saturated rings. The molecule has 2 atom stereocenters. The quantitative estimate of drug-likeness (QED) is 0.464. The molecular weight excluding hydrogens is 400 g/mol. The Morgan fingerprint density at radius 1 is 0.906 bits per heavy atom. The summed E-state index contributed by atoms with van der Waals surface area (Å²) in [6.07, 6.45) is 2.21. The number of rotatable bonds is 4. The van der Waals surface area contributed by atoms with E-state index < -0.39 is 0 Å². The maximum atomic E-state index is 13.8. The highest BCUT2D eigenvalue weighted by Crippen LogP contribution is 2.42. The van der Waals surface area contributed by atoms with E-state index in [1.807, 2.05) is 66.2 Å². The van der Waals surface area contributed by atoms with Crippen LogP contribution in [0.15, 0.2) is 85.2 Å². The fraction of sp³-hybridized carbons (Fsp3) is 0.192. The number of fused-ring (bicyclic) bond motifs is 1. The highest BCUT2D eigenvalue weighted by atomic mass is 16.5. The fourth-order valence-electron chi connectivity index (χ4n) is 4.43. The van der Waals surface area contributed by atoms with Crippen molar-refractivity contribution in [2.45, 2.75) is 25.4 Å². The highest BCUT2D eigenvalue weighted by Gasteiger charge is 2.39.